The average Bonchev–Trinajstić information content (AvgIpc) is 2.48. The number of pyridine rings is 1. The van der Waals surface area contributed by atoms with Gasteiger partial charge in [0.2, 0.25) is 16.1 Å². The number of isocyanates is 1. The van der Waals surface area contributed by atoms with Crippen LogP contribution in [0.4, 0.5) is 0 Å². The molecule has 0 N–H and O–H groups in total. The van der Waals surface area contributed by atoms with Gasteiger partial charge in [0.15, 0.2) is 0 Å². The number of aromatic nitrogens is 1. The van der Waals surface area contributed by atoms with Crippen LogP contribution in [-0.2, 0) is 14.8 Å². The summed E-state index contributed by atoms with van der Waals surface area (Å²) in [5, 5.41) is 8.66. The van der Waals surface area contributed by atoms with Gasteiger partial charge < -0.3 is 0 Å². The largest absolute Gasteiger partial charge is 0.246 e. The fourth-order valence-electron chi connectivity index (χ4n) is 2.09. The van der Waals surface area contributed by atoms with E-state index < -0.39 is 16.2 Å². The monoisotopic (exact) mass is 292 g/mol. The number of hydrogen-bond donors (Lipinski definition) is 0. The predicted molar refractivity (Wildman–Crippen MR) is 68.6 cm³/mol. The van der Waals surface area contributed by atoms with E-state index in [2.05, 4.69) is 9.98 Å². The highest BCUT2D eigenvalue weighted by atomic mass is 32.2. The first kappa shape index (κ1) is 14.3. The maximum atomic E-state index is 12.5. The highest BCUT2D eigenvalue weighted by Gasteiger charge is 2.33. The number of sulfonamides is 1. The molecular weight excluding hydrogens is 280 g/mol. The van der Waals surface area contributed by atoms with Gasteiger partial charge in [-0.1, -0.05) is 0 Å². The van der Waals surface area contributed by atoms with Crippen molar-refractivity contribution in [2.75, 3.05) is 6.54 Å². The molecule has 1 fully saturated rings. The van der Waals surface area contributed by atoms with Gasteiger partial charge in [-0.3, -0.25) is 0 Å². The lowest BCUT2D eigenvalue weighted by Crippen LogP contribution is -2.42. The third-order valence-electron chi connectivity index (χ3n) is 3.08. The molecule has 0 aromatic carbocycles. The second-order valence-electron chi connectivity index (χ2n) is 4.30. The first-order valence-corrected chi connectivity index (χ1v) is 7.48. The predicted octanol–water partition coefficient (Wildman–Crippen LogP) is 0.790. The second-order valence-corrected chi connectivity index (χ2v) is 6.19. The minimum absolute atomic E-state index is 0.00972. The molecule has 1 aromatic heterocycles. The van der Waals surface area contributed by atoms with Gasteiger partial charge in [-0.05, 0) is 31.4 Å². The van der Waals surface area contributed by atoms with Crippen LogP contribution in [0.5, 0.6) is 0 Å². The van der Waals surface area contributed by atoms with Crippen LogP contribution in [0.25, 0.3) is 0 Å². The van der Waals surface area contributed by atoms with Crippen molar-refractivity contribution in [3.8, 4) is 6.07 Å². The Morgan fingerprint density at radius 1 is 1.40 bits per heavy atom. The zero-order valence-electron chi connectivity index (χ0n) is 10.6. The molecule has 104 valence electrons. The van der Waals surface area contributed by atoms with Gasteiger partial charge in [0, 0.05) is 12.7 Å². The molecule has 20 heavy (non-hydrogen) atoms. The number of carbonyl (C=O) groups excluding carboxylic acids is 1. The molecule has 2 heterocycles. The molecule has 0 radical (unpaired) electrons. The third-order valence-corrected chi connectivity index (χ3v) is 4.96. The van der Waals surface area contributed by atoms with Crippen molar-refractivity contribution in [1.82, 2.24) is 9.29 Å². The molecule has 0 spiro atoms. The molecule has 0 saturated carbocycles. The second kappa shape index (κ2) is 5.92. The van der Waals surface area contributed by atoms with Crippen LogP contribution >= 0.6 is 0 Å². The summed E-state index contributed by atoms with van der Waals surface area (Å²) < 4.78 is 26.2. The zero-order valence-corrected chi connectivity index (χ0v) is 11.4. The summed E-state index contributed by atoms with van der Waals surface area (Å²) in [5.74, 6) is 0. The lowest BCUT2D eigenvalue weighted by Gasteiger charge is -2.30. The molecule has 2 rings (SSSR count). The van der Waals surface area contributed by atoms with E-state index in [9.17, 15) is 13.2 Å². The lowest BCUT2D eigenvalue weighted by molar-refractivity contribution is 0.259. The summed E-state index contributed by atoms with van der Waals surface area (Å²) in [5.41, 5.74) is 0.144. The van der Waals surface area contributed by atoms with E-state index in [1.807, 2.05) is 6.07 Å². The molecule has 1 aliphatic rings. The van der Waals surface area contributed by atoms with Gasteiger partial charge in [-0.25, -0.2) is 18.2 Å². The van der Waals surface area contributed by atoms with Crippen molar-refractivity contribution in [1.29, 1.82) is 5.26 Å². The van der Waals surface area contributed by atoms with E-state index in [0.717, 1.165) is 12.6 Å². The van der Waals surface area contributed by atoms with E-state index >= 15 is 0 Å². The molecule has 1 saturated heterocycles. The highest BCUT2D eigenvalue weighted by Crippen LogP contribution is 2.25. The lowest BCUT2D eigenvalue weighted by atomic mass is 10.1. The van der Waals surface area contributed by atoms with Crippen molar-refractivity contribution in [2.24, 2.45) is 4.99 Å². The van der Waals surface area contributed by atoms with Crippen LogP contribution in [0, 0.1) is 11.3 Å². The summed E-state index contributed by atoms with van der Waals surface area (Å²) in [7, 11) is -3.77. The Morgan fingerprint density at radius 3 is 2.80 bits per heavy atom. The molecule has 0 aliphatic carbocycles. The summed E-state index contributed by atoms with van der Waals surface area (Å²) in [4.78, 5) is 17.7. The molecule has 7 nitrogen and oxygen atoms in total. The van der Waals surface area contributed by atoms with Crippen molar-refractivity contribution in [2.45, 2.75) is 30.3 Å². The van der Waals surface area contributed by atoms with Gasteiger partial charge in [0.1, 0.15) is 22.8 Å². The fraction of sp³-hybridized carbons (Fsp3) is 0.417. The molecule has 8 heteroatoms. The number of nitriles is 1. The molecule has 1 unspecified atom stereocenters. The molecule has 0 amide bonds. The SMILES string of the molecule is N#Cc1ccc(S(=O)(=O)N2CCCCC2N=C=O)cn1. The van der Waals surface area contributed by atoms with Gasteiger partial charge in [0.25, 0.3) is 0 Å². The van der Waals surface area contributed by atoms with Crippen molar-refractivity contribution >= 4 is 16.1 Å². The van der Waals surface area contributed by atoms with Crippen LogP contribution in [0.3, 0.4) is 0 Å². The van der Waals surface area contributed by atoms with E-state index in [-0.39, 0.29) is 10.6 Å². The Morgan fingerprint density at radius 2 is 2.20 bits per heavy atom. The standard InChI is InChI=1S/C12H12N4O3S/c13-7-10-4-5-11(8-14-10)20(18,19)16-6-2-1-3-12(16)15-9-17/h4-5,8,12H,1-3,6H2. The maximum Gasteiger partial charge on any atom is 0.246 e. The van der Waals surface area contributed by atoms with Crippen LogP contribution in [0.1, 0.15) is 25.0 Å². The molecule has 1 aromatic rings. The first-order valence-electron chi connectivity index (χ1n) is 6.04. The Bertz CT molecular complexity index is 672. The molecule has 0 bridgehead atoms. The summed E-state index contributed by atoms with van der Waals surface area (Å²) in [6.45, 7) is 0.304. The number of rotatable bonds is 3. The number of hydrogen-bond acceptors (Lipinski definition) is 6. The average molecular weight is 292 g/mol. The Balaban J connectivity index is 2.36. The smallest absolute Gasteiger partial charge is 0.244 e. The topological polar surface area (TPSA) is 103 Å². The molecule has 1 aliphatic heterocycles. The minimum Gasteiger partial charge on any atom is -0.244 e. The third kappa shape index (κ3) is 2.75. The van der Waals surface area contributed by atoms with Gasteiger partial charge in [-0.2, -0.15) is 14.6 Å². The van der Waals surface area contributed by atoms with Gasteiger partial charge >= 0.3 is 0 Å². The summed E-state index contributed by atoms with van der Waals surface area (Å²) in [6, 6.07) is 4.50. The maximum absolute atomic E-state index is 12.5. The van der Waals surface area contributed by atoms with Gasteiger partial charge in [0.05, 0.1) is 0 Å². The van der Waals surface area contributed by atoms with E-state index in [1.165, 1.54) is 22.5 Å². The van der Waals surface area contributed by atoms with E-state index in [0.29, 0.717) is 19.4 Å². The number of aliphatic imine (C=N–C) groups is 1. The first-order chi connectivity index (χ1) is 9.59. The molecule has 1 atom stereocenters. The Labute approximate surface area is 116 Å². The quantitative estimate of drug-likeness (QED) is 0.605. The minimum atomic E-state index is -3.77. The van der Waals surface area contributed by atoms with Gasteiger partial charge in [-0.15, -0.1) is 0 Å². The van der Waals surface area contributed by atoms with Crippen LogP contribution in [0.2, 0.25) is 0 Å². The number of nitrogens with zero attached hydrogens (tertiary/aromatic N) is 4. The Kier molecular flexibility index (Phi) is 4.25. The Hall–Kier alpha value is -2.07. The van der Waals surface area contributed by atoms with Crippen LogP contribution in [0.15, 0.2) is 28.2 Å². The fourth-order valence-corrected chi connectivity index (χ4v) is 3.63. The highest BCUT2D eigenvalue weighted by molar-refractivity contribution is 7.89. The van der Waals surface area contributed by atoms with Crippen LogP contribution < -0.4 is 0 Å². The van der Waals surface area contributed by atoms with Crippen molar-refractivity contribution in [3.63, 3.8) is 0 Å². The summed E-state index contributed by atoms with van der Waals surface area (Å²) >= 11 is 0. The van der Waals surface area contributed by atoms with E-state index in [4.69, 9.17) is 5.26 Å². The van der Waals surface area contributed by atoms with Crippen LogP contribution in [-0.4, -0.2) is 36.5 Å². The van der Waals surface area contributed by atoms with Crippen molar-refractivity contribution < 1.29 is 13.2 Å². The normalized spacial score (nSPS) is 19.9. The van der Waals surface area contributed by atoms with E-state index in [1.54, 1.807) is 0 Å². The zero-order chi connectivity index (χ0) is 14.6. The van der Waals surface area contributed by atoms with Crippen molar-refractivity contribution in [3.05, 3.63) is 24.0 Å². The molecular formula is C12H12N4O3S. The summed E-state index contributed by atoms with van der Waals surface area (Å²) in [6.07, 6.45) is 3.88. The number of piperidine rings is 1.